The number of nitrogens with zero attached hydrogens (tertiary/aromatic N) is 3. The third-order valence-corrected chi connectivity index (χ3v) is 5.35. The predicted octanol–water partition coefficient (Wildman–Crippen LogP) is 3.03. The molecule has 1 amide bonds. The summed E-state index contributed by atoms with van der Waals surface area (Å²) in [5.41, 5.74) is 2.14. The van der Waals surface area contributed by atoms with Gasteiger partial charge in [-0.3, -0.25) is 25.0 Å². The van der Waals surface area contributed by atoms with Crippen LogP contribution in [0.15, 0.2) is 82.8 Å². The van der Waals surface area contributed by atoms with Gasteiger partial charge >= 0.3 is 10.1 Å². The molecule has 0 heterocycles. The third kappa shape index (κ3) is 5.95. The molecular formula is C20H14N4O8S. The Bertz CT molecular complexity index is 1350. The number of nitro benzene ring substituents is 2. The lowest BCUT2D eigenvalue weighted by Crippen LogP contribution is -2.17. The van der Waals surface area contributed by atoms with Gasteiger partial charge in [0.25, 0.3) is 17.3 Å². The second kappa shape index (κ2) is 9.65. The largest absolute Gasteiger partial charge is 0.379 e. The second-order valence-corrected chi connectivity index (χ2v) is 7.91. The van der Waals surface area contributed by atoms with Gasteiger partial charge in [0.1, 0.15) is 10.6 Å². The Morgan fingerprint density at radius 2 is 1.52 bits per heavy atom. The molecule has 0 fully saturated rings. The third-order valence-electron chi connectivity index (χ3n) is 4.10. The van der Waals surface area contributed by atoms with Crippen LogP contribution in [0.1, 0.15) is 15.9 Å². The van der Waals surface area contributed by atoms with Crippen molar-refractivity contribution in [1.82, 2.24) is 5.43 Å². The van der Waals surface area contributed by atoms with E-state index in [1.165, 1.54) is 60.8 Å². The topological polar surface area (TPSA) is 171 Å². The number of nitro groups is 2. The minimum atomic E-state index is -4.29. The Kier molecular flexibility index (Phi) is 6.74. The molecule has 0 saturated heterocycles. The minimum absolute atomic E-state index is 0.0423. The Labute approximate surface area is 186 Å². The molecular weight excluding hydrogens is 456 g/mol. The van der Waals surface area contributed by atoms with Crippen molar-refractivity contribution in [2.24, 2.45) is 5.10 Å². The monoisotopic (exact) mass is 470 g/mol. The number of amides is 1. The van der Waals surface area contributed by atoms with E-state index in [-0.39, 0.29) is 21.9 Å². The van der Waals surface area contributed by atoms with E-state index in [2.05, 4.69) is 10.5 Å². The molecule has 0 aliphatic carbocycles. The number of carbonyl (C=O) groups is 1. The summed E-state index contributed by atoms with van der Waals surface area (Å²) in [7, 11) is -4.29. The van der Waals surface area contributed by atoms with E-state index < -0.39 is 31.6 Å². The van der Waals surface area contributed by atoms with Crippen LogP contribution in [0.5, 0.6) is 5.75 Å². The maximum Gasteiger partial charge on any atom is 0.339 e. The van der Waals surface area contributed by atoms with Crippen molar-refractivity contribution in [1.29, 1.82) is 0 Å². The fraction of sp³-hybridized carbons (Fsp3) is 0. The number of hydrogen-bond donors (Lipinski definition) is 1. The molecule has 13 heteroatoms. The molecule has 0 radical (unpaired) electrons. The molecule has 33 heavy (non-hydrogen) atoms. The molecule has 0 saturated carbocycles. The highest BCUT2D eigenvalue weighted by molar-refractivity contribution is 7.87. The highest BCUT2D eigenvalue weighted by Gasteiger charge is 2.19. The van der Waals surface area contributed by atoms with Crippen molar-refractivity contribution >= 4 is 33.6 Å². The molecule has 0 bridgehead atoms. The fourth-order valence-electron chi connectivity index (χ4n) is 2.53. The molecule has 0 atom stereocenters. The summed E-state index contributed by atoms with van der Waals surface area (Å²) < 4.78 is 29.7. The Balaban J connectivity index is 1.64. The van der Waals surface area contributed by atoms with Gasteiger partial charge in [-0.25, -0.2) is 5.43 Å². The van der Waals surface area contributed by atoms with Gasteiger partial charge in [0.15, 0.2) is 0 Å². The zero-order valence-corrected chi connectivity index (χ0v) is 17.3. The number of carbonyl (C=O) groups excluding carboxylic acids is 1. The SMILES string of the molecule is O=C(N/N=C\c1ccc(OS(=O)(=O)c2cccc([N+](=O)[O-])c2)cc1)c1cccc([N+](=O)[O-])c1. The molecule has 0 unspecified atom stereocenters. The number of benzene rings is 3. The van der Waals surface area contributed by atoms with Crippen molar-refractivity contribution in [3.63, 3.8) is 0 Å². The summed E-state index contributed by atoms with van der Waals surface area (Å²) in [6.45, 7) is 0. The first-order chi connectivity index (χ1) is 15.7. The molecule has 0 aromatic heterocycles. The summed E-state index contributed by atoms with van der Waals surface area (Å²) in [6, 6.07) is 15.2. The Hall–Kier alpha value is -4.65. The molecule has 3 aromatic rings. The van der Waals surface area contributed by atoms with Crippen LogP contribution in [-0.4, -0.2) is 30.4 Å². The van der Waals surface area contributed by atoms with Crippen LogP contribution in [0.4, 0.5) is 11.4 Å². The van der Waals surface area contributed by atoms with Crippen LogP contribution in [0.25, 0.3) is 0 Å². The van der Waals surface area contributed by atoms with Crippen LogP contribution < -0.4 is 9.61 Å². The quantitative estimate of drug-likeness (QED) is 0.226. The normalized spacial score (nSPS) is 11.2. The number of hydrogen-bond acceptors (Lipinski definition) is 9. The average Bonchev–Trinajstić information content (AvgIpc) is 2.80. The number of nitrogens with one attached hydrogen (secondary N) is 1. The van der Waals surface area contributed by atoms with Gasteiger partial charge in [-0.1, -0.05) is 12.1 Å². The highest BCUT2D eigenvalue weighted by Crippen LogP contribution is 2.22. The maximum absolute atomic E-state index is 12.3. The van der Waals surface area contributed by atoms with E-state index in [9.17, 15) is 33.4 Å². The van der Waals surface area contributed by atoms with Gasteiger partial charge in [0.05, 0.1) is 16.1 Å². The summed E-state index contributed by atoms with van der Waals surface area (Å²) >= 11 is 0. The summed E-state index contributed by atoms with van der Waals surface area (Å²) in [4.78, 5) is 31.9. The predicted molar refractivity (Wildman–Crippen MR) is 116 cm³/mol. The minimum Gasteiger partial charge on any atom is -0.379 e. The zero-order valence-electron chi connectivity index (χ0n) is 16.5. The van der Waals surface area contributed by atoms with E-state index in [0.29, 0.717) is 5.56 Å². The second-order valence-electron chi connectivity index (χ2n) is 6.37. The summed E-state index contributed by atoms with van der Waals surface area (Å²) in [5, 5.41) is 25.4. The molecule has 12 nitrogen and oxygen atoms in total. The van der Waals surface area contributed by atoms with Crippen molar-refractivity contribution in [2.45, 2.75) is 4.90 Å². The zero-order chi connectivity index (χ0) is 24.0. The van der Waals surface area contributed by atoms with E-state index in [0.717, 1.165) is 18.2 Å². The summed E-state index contributed by atoms with van der Waals surface area (Å²) in [6.07, 6.45) is 1.27. The smallest absolute Gasteiger partial charge is 0.339 e. The van der Waals surface area contributed by atoms with Crippen LogP contribution in [0.2, 0.25) is 0 Å². The van der Waals surface area contributed by atoms with Crippen LogP contribution in [-0.2, 0) is 10.1 Å². The summed E-state index contributed by atoms with van der Waals surface area (Å²) in [5.74, 6) is -0.697. The average molecular weight is 470 g/mol. The molecule has 3 aromatic carbocycles. The van der Waals surface area contributed by atoms with Crippen LogP contribution in [0.3, 0.4) is 0 Å². The molecule has 0 spiro atoms. The first-order valence-corrected chi connectivity index (χ1v) is 10.4. The van der Waals surface area contributed by atoms with Crippen LogP contribution >= 0.6 is 0 Å². The lowest BCUT2D eigenvalue weighted by Gasteiger charge is -2.07. The number of hydrazone groups is 1. The molecule has 0 aliphatic heterocycles. The van der Waals surface area contributed by atoms with Crippen molar-refractivity contribution in [2.75, 3.05) is 0 Å². The van der Waals surface area contributed by atoms with Gasteiger partial charge in [-0.2, -0.15) is 13.5 Å². The van der Waals surface area contributed by atoms with E-state index in [1.54, 1.807) is 0 Å². The fourth-order valence-corrected chi connectivity index (χ4v) is 3.50. The number of rotatable bonds is 8. The van der Waals surface area contributed by atoms with Crippen molar-refractivity contribution < 1.29 is 27.2 Å². The lowest BCUT2D eigenvalue weighted by molar-refractivity contribution is -0.385. The Morgan fingerprint density at radius 3 is 2.15 bits per heavy atom. The highest BCUT2D eigenvalue weighted by atomic mass is 32.2. The first-order valence-electron chi connectivity index (χ1n) is 9.02. The van der Waals surface area contributed by atoms with E-state index in [4.69, 9.17) is 4.18 Å². The molecule has 3 rings (SSSR count). The maximum atomic E-state index is 12.3. The Morgan fingerprint density at radius 1 is 0.909 bits per heavy atom. The molecule has 1 N–H and O–H groups in total. The molecule has 168 valence electrons. The van der Waals surface area contributed by atoms with E-state index >= 15 is 0 Å². The van der Waals surface area contributed by atoms with Crippen molar-refractivity contribution in [3.05, 3.63) is 104 Å². The van der Waals surface area contributed by atoms with Gasteiger partial charge in [-0.05, 0) is 42.0 Å². The van der Waals surface area contributed by atoms with Crippen molar-refractivity contribution in [3.8, 4) is 5.75 Å². The first kappa shape index (κ1) is 23.0. The van der Waals surface area contributed by atoms with Gasteiger partial charge in [0.2, 0.25) is 0 Å². The van der Waals surface area contributed by atoms with Gasteiger partial charge in [0, 0.05) is 29.8 Å². The van der Waals surface area contributed by atoms with Gasteiger partial charge in [-0.15, -0.1) is 0 Å². The molecule has 0 aliphatic rings. The lowest BCUT2D eigenvalue weighted by atomic mass is 10.2. The van der Waals surface area contributed by atoms with Crippen LogP contribution in [0, 0.1) is 20.2 Å². The van der Waals surface area contributed by atoms with E-state index in [1.807, 2.05) is 0 Å². The van der Waals surface area contributed by atoms with Gasteiger partial charge < -0.3 is 4.18 Å². The number of non-ortho nitro benzene ring substituents is 2. The standard InChI is InChI=1S/C20H14N4O8S/c25-20(15-3-1-4-16(11-15)23(26)27)22-21-13-14-7-9-18(10-8-14)32-33(30,31)19-6-2-5-17(12-19)24(28)29/h1-13H,(H,22,25)/b21-13-.